The molecule has 0 fully saturated rings. The lowest BCUT2D eigenvalue weighted by atomic mass is 10.1. The molecule has 1 amide bonds. The minimum Gasteiger partial charge on any atom is -0.459 e. The molecule has 0 saturated carbocycles. The number of nitrogens with one attached hydrogen (secondary N) is 3. The van der Waals surface area contributed by atoms with E-state index in [1.54, 1.807) is 12.1 Å². The summed E-state index contributed by atoms with van der Waals surface area (Å²) in [6.07, 6.45) is 2.41. The van der Waals surface area contributed by atoms with Crippen LogP contribution in [0.15, 0.2) is 82.4 Å². The maximum Gasteiger partial charge on any atom is 0.291 e. The second kappa shape index (κ2) is 10.7. The molecular formula is C23H26N4O2. The van der Waals surface area contributed by atoms with E-state index in [1.807, 2.05) is 49.4 Å². The van der Waals surface area contributed by atoms with Crippen molar-refractivity contribution >= 4 is 17.6 Å². The van der Waals surface area contributed by atoms with Crippen LogP contribution in [0.5, 0.6) is 0 Å². The Morgan fingerprint density at radius 2 is 1.79 bits per heavy atom. The number of furan rings is 1. The lowest BCUT2D eigenvalue weighted by Crippen LogP contribution is -2.38. The molecule has 0 aliphatic carbocycles. The molecule has 6 heteroatoms. The largest absolute Gasteiger partial charge is 0.459 e. The molecule has 0 spiro atoms. The molecule has 1 heterocycles. The highest BCUT2D eigenvalue weighted by molar-refractivity contribution is 6.02. The van der Waals surface area contributed by atoms with Gasteiger partial charge in [-0.3, -0.25) is 4.79 Å². The monoisotopic (exact) mass is 390 g/mol. The Hall–Kier alpha value is -3.54. The smallest absolute Gasteiger partial charge is 0.291 e. The topological polar surface area (TPSA) is 78.7 Å². The number of guanidine groups is 1. The maximum absolute atomic E-state index is 12.1. The molecule has 0 atom stereocenters. The average molecular weight is 390 g/mol. The Morgan fingerprint density at radius 3 is 2.55 bits per heavy atom. The van der Waals surface area contributed by atoms with Crippen LogP contribution < -0.4 is 16.0 Å². The summed E-state index contributed by atoms with van der Waals surface area (Å²) in [6, 6.07) is 21.3. The number of anilines is 1. The van der Waals surface area contributed by atoms with Gasteiger partial charge in [0.15, 0.2) is 11.7 Å². The minimum atomic E-state index is -0.272. The third kappa shape index (κ3) is 6.53. The van der Waals surface area contributed by atoms with Gasteiger partial charge < -0.3 is 20.4 Å². The van der Waals surface area contributed by atoms with Crippen molar-refractivity contribution in [2.45, 2.75) is 19.9 Å². The van der Waals surface area contributed by atoms with Gasteiger partial charge in [0, 0.05) is 18.8 Å². The van der Waals surface area contributed by atoms with Gasteiger partial charge in [-0.15, -0.1) is 0 Å². The van der Waals surface area contributed by atoms with Gasteiger partial charge in [-0.25, -0.2) is 4.99 Å². The fraction of sp³-hybridized carbons (Fsp3) is 0.217. The molecule has 0 radical (unpaired) electrons. The summed E-state index contributed by atoms with van der Waals surface area (Å²) in [7, 11) is 0. The van der Waals surface area contributed by atoms with Gasteiger partial charge in [-0.05, 0) is 48.7 Å². The number of aliphatic imine (C=N–C) groups is 1. The molecule has 0 aliphatic heterocycles. The van der Waals surface area contributed by atoms with E-state index in [4.69, 9.17) is 4.42 Å². The summed E-state index contributed by atoms with van der Waals surface area (Å²) in [5.74, 6) is 0.783. The summed E-state index contributed by atoms with van der Waals surface area (Å²) in [6.45, 7) is 4.13. The standard InChI is InChI=1S/C23H26N4O2/c1-2-24-23(25-14-13-18-8-4-3-5-9-18)26-17-19-10-6-11-20(16-19)27-22(28)21-12-7-15-29-21/h3-12,15-16H,2,13-14,17H2,1H3,(H,27,28)(H2,24,25,26). The van der Waals surface area contributed by atoms with Gasteiger partial charge in [0.2, 0.25) is 0 Å². The summed E-state index contributed by atoms with van der Waals surface area (Å²) in [4.78, 5) is 16.8. The molecular weight excluding hydrogens is 364 g/mol. The lowest BCUT2D eigenvalue weighted by molar-refractivity contribution is 0.0996. The zero-order valence-corrected chi connectivity index (χ0v) is 16.5. The van der Waals surface area contributed by atoms with E-state index in [-0.39, 0.29) is 11.7 Å². The summed E-state index contributed by atoms with van der Waals surface area (Å²) < 4.78 is 5.12. The Morgan fingerprint density at radius 1 is 0.966 bits per heavy atom. The summed E-state index contributed by atoms with van der Waals surface area (Å²) in [5, 5.41) is 9.46. The molecule has 2 aromatic carbocycles. The van der Waals surface area contributed by atoms with Crippen molar-refractivity contribution in [3.63, 3.8) is 0 Å². The van der Waals surface area contributed by atoms with Gasteiger partial charge in [0.1, 0.15) is 0 Å². The van der Waals surface area contributed by atoms with Crippen LogP contribution in [-0.4, -0.2) is 25.0 Å². The minimum absolute atomic E-state index is 0.272. The first-order chi connectivity index (χ1) is 14.2. The number of amides is 1. The van der Waals surface area contributed by atoms with Crippen LogP contribution >= 0.6 is 0 Å². The van der Waals surface area contributed by atoms with Crippen LogP contribution in [0.4, 0.5) is 5.69 Å². The molecule has 1 aromatic heterocycles. The number of hydrogen-bond acceptors (Lipinski definition) is 3. The Labute approximate surface area is 171 Å². The van der Waals surface area contributed by atoms with Crippen LogP contribution in [0.2, 0.25) is 0 Å². The Bertz CT molecular complexity index is 921. The number of benzene rings is 2. The van der Waals surface area contributed by atoms with Gasteiger partial charge in [0.25, 0.3) is 5.91 Å². The average Bonchev–Trinajstić information content (AvgIpc) is 3.28. The lowest BCUT2D eigenvalue weighted by Gasteiger charge is -2.11. The van der Waals surface area contributed by atoms with Gasteiger partial charge in [-0.2, -0.15) is 0 Å². The molecule has 0 unspecified atom stereocenters. The van der Waals surface area contributed by atoms with E-state index >= 15 is 0 Å². The molecule has 150 valence electrons. The molecule has 3 rings (SSSR count). The fourth-order valence-corrected chi connectivity index (χ4v) is 2.83. The molecule has 29 heavy (non-hydrogen) atoms. The van der Waals surface area contributed by atoms with E-state index in [1.165, 1.54) is 11.8 Å². The Kier molecular flexibility index (Phi) is 7.46. The second-order valence-electron chi connectivity index (χ2n) is 6.49. The molecule has 6 nitrogen and oxygen atoms in total. The fourth-order valence-electron chi connectivity index (χ4n) is 2.83. The summed E-state index contributed by atoms with van der Waals surface area (Å²) >= 11 is 0. The van der Waals surface area contributed by atoms with Crippen LogP contribution in [0, 0.1) is 0 Å². The van der Waals surface area contributed by atoms with Crippen LogP contribution in [0.25, 0.3) is 0 Å². The molecule has 0 bridgehead atoms. The van der Waals surface area contributed by atoms with Gasteiger partial charge in [-0.1, -0.05) is 42.5 Å². The van der Waals surface area contributed by atoms with E-state index < -0.39 is 0 Å². The third-order valence-electron chi connectivity index (χ3n) is 4.24. The third-order valence-corrected chi connectivity index (χ3v) is 4.24. The highest BCUT2D eigenvalue weighted by Gasteiger charge is 2.08. The number of hydrogen-bond donors (Lipinski definition) is 3. The van der Waals surface area contributed by atoms with Gasteiger partial charge >= 0.3 is 0 Å². The zero-order chi connectivity index (χ0) is 20.3. The molecule has 3 aromatic rings. The molecule has 0 saturated heterocycles. The zero-order valence-electron chi connectivity index (χ0n) is 16.5. The number of rotatable bonds is 8. The van der Waals surface area contributed by atoms with Crippen molar-refractivity contribution in [1.29, 1.82) is 0 Å². The van der Waals surface area contributed by atoms with Crippen molar-refractivity contribution in [3.05, 3.63) is 89.9 Å². The maximum atomic E-state index is 12.1. The SMILES string of the molecule is CCNC(=NCc1cccc(NC(=O)c2ccco2)c1)NCCc1ccccc1. The first kappa shape index (κ1) is 20.2. The van der Waals surface area contributed by atoms with Crippen molar-refractivity contribution in [1.82, 2.24) is 10.6 Å². The predicted octanol–water partition coefficient (Wildman–Crippen LogP) is 3.83. The summed E-state index contributed by atoms with van der Waals surface area (Å²) in [5.41, 5.74) is 3.00. The highest BCUT2D eigenvalue weighted by Crippen LogP contribution is 2.13. The van der Waals surface area contributed by atoms with Gasteiger partial charge in [0.05, 0.1) is 12.8 Å². The first-order valence-electron chi connectivity index (χ1n) is 9.74. The van der Waals surface area contributed by atoms with Crippen LogP contribution in [-0.2, 0) is 13.0 Å². The van der Waals surface area contributed by atoms with Crippen molar-refractivity contribution < 1.29 is 9.21 Å². The number of carbonyl (C=O) groups is 1. The molecule has 0 aliphatic rings. The van der Waals surface area contributed by atoms with E-state index in [0.717, 1.165) is 31.0 Å². The van der Waals surface area contributed by atoms with Crippen LogP contribution in [0.1, 0.15) is 28.6 Å². The quantitative estimate of drug-likeness (QED) is 0.403. The second-order valence-corrected chi connectivity index (χ2v) is 6.49. The Balaban J connectivity index is 1.56. The van der Waals surface area contributed by atoms with E-state index in [0.29, 0.717) is 12.2 Å². The number of carbonyl (C=O) groups excluding carboxylic acids is 1. The normalized spacial score (nSPS) is 11.1. The highest BCUT2D eigenvalue weighted by atomic mass is 16.3. The van der Waals surface area contributed by atoms with Crippen molar-refractivity contribution in [2.24, 2.45) is 4.99 Å². The van der Waals surface area contributed by atoms with Crippen molar-refractivity contribution in [2.75, 3.05) is 18.4 Å². The van der Waals surface area contributed by atoms with E-state index in [2.05, 4.69) is 33.1 Å². The first-order valence-corrected chi connectivity index (χ1v) is 9.74. The van der Waals surface area contributed by atoms with Crippen molar-refractivity contribution in [3.8, 4) is 0 Å². The van der Waals surface area contributed by atoms with Crippen LogP contribution in [0.3, 0.4) is 0 Å². The predicted molar refractivity (Wildman–Crippen MR) is 116 cm³/mol. The van der Waals surface area contributed by atoms with E-state index in [9.17, 15) is 4.79 Å². The number of nitrogens with zero attached hydrogens (tertiary/aromatic N) is 1. The molecule has 3 N–H and O–H groups in total.